The molecule has 0 saturated heterocycles. The first-order valence-electron chi connectivity index (χ1n) is 8.61. The van der Waals surface area contributed by atoms with Crippen LogP contribution in [0.4, 0.5) is 15.3 Å². The van der Waals surface area contributed by atoms with E-state index in [1.807, 2.05) is 6.07 Å². The average molecular weight is 343 g/mol. The van der Waals surface area contributed by atoms with E-state index >= 15 is 0 Å². The molecule has 4 amide bonds. The number of nitriles is 1. The largest absolute Gasteiger partial charge is 0.341 e. The second-order valence-electron chi connectivity index (χ2n) is 6.37. The van der Waals surface area contributed by atoms with Crippen molar-refractivity contribution in [3.8, 4) is 6.07 Å². The van der Waals surface area contributed by atoms with E-state index < -0.39 is 0 Å². The number of urea groups is 2. The maximum Gasteiger partial charge on any atom is 0.319 e. The predicted octanol–water partition coefficient (Wildman–Crippen LogP) is 2.42. The minimum absolute atomic E-state index is 0.136. The van der Waals surface area contributed by atoms with Crippen LogP contribution in [0.2, 0.25) is 0 Å². The van der Waals surface area contributed by atoms with Crippen LogP contribution in [-0.2, 0) is 0 Å². The Balaban J connectivity index is 1.64. The Morgan fingerprint density at radius 3 is 2.00 bits per heavy atom. The zero-order chi connectivity index (χ0) is 18.1. The van der Waals surface area contributed by atoms with E-state index in [0.717, 1.165) is 25.7 Å². The molecule has 1 fully saturated rings. The number of nitrogens with one attached hydrogen (secondary N) is 4. The number of carbonyl (C=O) groups is 2. The zero-order valence-electron chi connectivity index (χ0n) is 14.5. The predicted molar refractivity (Wildman–Crippen MR) is 96.1 cm³/mol. The summed E-state index contributed by atoms with van der Waals surface area (Å²) in [6.07, 6.45) is 4.23. The molecule has 0 aliphatic heterocycles. The Labute approximate surface area is 148 Å². The van der Waals surface area contributed by atoms with Crippen LogP contribution < -0.4 is 21.3 Å². The van der Waals surface area contributed by atoms with Crippen molar-refractivity contribution in [1.82, 2.24) is 16.0 Å². The van der Waals surface area contributed by atoms with Crippen LogP contribution in [0.15, 0.2) is 24.3 Å². The Morgan fingerprint density at radius 1 is 1.00 bits per heavy atom. The number of anilines is 1. The van der Waals surface area contributed by atoms with Gasteiger partial charge in [-0.25, -0.2) is 9.59 Å². The summed E-state index contributed by atoms with van der Waals surface area (Å²) >= 11 is 0. The lowest BCUT2D eigenvalue weighted by Gasteiger charge is -2.28. The molecule has 0 atom stereocenters. The van der Waals surface area contributed by atoms with Crippen LogP contribution in [0.25, 0.3) is 0 Å². The molecular weight excluding hydrogens is 318 g/mol. The van der Waals surface area contributed by atoms with Gasteiger partial charge in [0.25, 0.3) is 0 Å². The molecule has 25 heavy (non-hydrogen) atoms. The topological polar surface area (TPSA) is 106 Å². The zero-order valence-corrected chi connectivity index (χ0v) is 14.5. The summed E-state index contributed by atoms with van der Waals surface area (Å²) < 4.78 is 0. The lowest BCUT2D eigenvalue weighted by atomic mass is 9.82. The van der Waals surface area contributed by atoms with Gasteiger partial charge in [-0.05, 0) is 61.8 Å². The van der Waals surface area contributed by atoms with Crippen LogP contribution in [0.3, 0.4) is 0 Å². The molecule has 0 aromatic heterocycles. The second kappa shape index (κ2) is 9.52. The van der Waals surface area contributed by atoms with Crippen molar-refractivity contribution in [3.05, 3.63) is 29.8 Å². The molecular formula is C18H25N5O2. The molecule has 0 radical (unpaired) electrons. The number of nitrogens with zero attached hydrogens (tertiary/aromatic N) is 1. The van der Waals surface area contributed by atoms with Crippen molar-refractivity contribution in [2.24, 2.45) is 11.8 Å². The van der Waals surface area contributed by atoms with E-state index in [1.54, 1.807) is 31.3 Å². The van der Waals surface area contributed by atoms with E-state index in [2.05, 4.69) is 21.3 Å². The SMILES string of the molecule is CNC(=O)NCC1CCC(CNC(=O)Nc2ccc(C#N)cc2)CC1. The van der Waals surface area contributed by atoms with Crippen molar-refractivity contribution in [3.63, 3.8) is 0 Å². The highest BCUT2D eigenvalue weighted by Crippen LogP contribution is 2.27. The van der Waals surface area contributed by atoms with Gasteiger partial charge in [0, 0.05) is 25.8 Å². The lowest BCUT2D eigenvalue weighted by Crippen LogP contribution is -2.38. The highest BCUT2D eigenvalue weighted by atomic mass is 16.2. The Bertz CT molecular complexity index is 615. The van der Waals surface area contributed by atoms with Gasteiger partial charge in [-0.15, -0.1) is 0 Å². The molecule has 2 rings (SSSR count). The van der Waals surface area contributed by atoms with E-state index in [1.165, 1.54) is 0 Å². The van der Waals surface area contributed by atoms with E-state index in [0.29, 0.717) is 36.2 Å². The van der Waals surface area contributed by atoms with Crippen LogP contribution >= 0.6 is 0 Å². The van der Waals surface area contributed by atoms with Gasteiger partial charge in [-0.1, -0.05) is 0 Å². The Hall–Kier alpha value is -2.75. The first-order valence-corrected chi connectivity index (χ1v) is 8.61. The second-order valence-corrected chi connectivity index (χ2v) is 6.37. The van der Waals surface area contributed by atoms with Crippen LogP contribution in [0, 0.1) is 23.2 Å². The first-order chi connectivity index (χ1) is 12.1. The van der Waals surface area contributed by atoms with Crippen molar-refractivity contribution in [1.29, 1.82) is 5.26 Å². The molecule has 1 aliphatic rings. The van der Waals surface area contributed by atoms with Crippen LogP contribution in [0.1, 0.15) is 31.2 Å². The Morgan fingerprint density at radius 2 is 1.52 bits per heavy atom. The van der Waals surface area contributed by atoms with Gasteiger partial charge in [0.1, 0.15) is 0 Å². The monoisotopic (exact) mass is 343 g/mol. The quantitative estimate of drug-likeness (QED) is 0.659. The van der Waals surface area contributed by atoms with Gasteiger partial charge in [-0.3, -0.25) is 0 Å². The minimum Gasteiger partial charge on any atom is -0.341 e. The molecule has 0 spiro atoms. The van der Waals surface area contributed by atoms with E-state index in [4.69, 9.17) is 5.26 Å². The maximum absolute atomic E-state index is 11.9. The first kappa shape index (κ1) is 18.6. The third-order valence-electron chi connectivity index (χ3n) is 4.57. The van der Waals surface area contributed by atoms with Crippen LogP contribution in [0.5, 0.6) is 0 Å². The molecule has 134 valence electrons. The normalized spacial score (nSPS) is 19.4. The van der Waals surface area contributed by atoms with Crippen molar-refractivity contribution in [2.75, 3.05) is 25.5 Å². The van der Waals surface area contributed by atoms with Gasteiger partial charge in [0.05, 0.1) is 11.6 Å². The summed E-state index contributed by atoms with van der Waals surface area (Å²) in [6, 6.07) is 8.44. The maximum atomic E-state index is 11.9. The summed E-state index contributed by atoms with van der Waals surface area (Å²) in [7, 11) is 1.61. The molecule has 1 saturated carbocycles. The molecule has 0 bridgehead atoms. The third kappa shape index (κ3) is 6.34. The van der Waals surface area contributed by atoms with E-state index in [9.17, 15) is 9.59 Å². The minimum atomic E-state index is -0.229. The van der Waals surface area contributed by atoms with Gasteiger partial charge in [0.2, 0.25) is 0 Å². The summed E-state index contributed by atoms with van der Waals surface area (Å²) in [6.45, 7) is 1.36. The number of hydrogen-bond donors (Lipinski definition) is 4. The highest BCUT2D eigenvalue weighted by Gasteiger charge is 2.21. The third-order valence-corrected chi connectivity index (χ3v) is 4.57. The fourth-order valence-electron chi connectivity index (χ4n) is 3.01. The van der Waals surface area contributed by atoms with Crippen molar-refractivity contribution >= 4 is 17.7 Å². The van der Waals surface area contributed by atoms with Crippen molar-refractivity contribution < 1.29 is 9.59 Å². The van der Waals surface area contributed by atoms with E-state index in [-0.39, 0.29) is 12.1 Å². The standard InChI is InChI=1S/C18H25N5O2/c1-20-17(24)21-11-14-2-4-15(5-3-14)12-22-18(25)23-16-8-6-13(10-19)7-9-16/h6-9,14-15H,2-5,11-12H2,1H3,(H2,20,21,24)(H2,22,23,25). The molecule has 1 aromatic rings. The lowest BCUT2D eigenvalue weighted by molar-refractivity contribution is 0.228. The number of rotatable bonds is 5. The molecule has 4 N–H and O–H groups in total. The molecule has 0 unspecified atom stereocenters. The number of amides is 4. The molecule has 0 heterocycles. The van der Waals surface area contributed by atoms with Gasteiger partial charge >= 0.3 is 12.1 Å². The smallest absolute Gasteiger partial charge is 0.319 e. The molecule has 7 heteroatoms. The van der Waals surface area contributed by atoms with Crippen molar-refractivity contribution in [2.45, 2.75) is 25.7 Å². The molecule has 1 aliphatic carbocycles. The summed E-state index contributed by atoms with van der Waals surface area (Å²) in [5, 5.41) is 19.8. The Kier molecular flexibility index (Phi) is 7.08. The number of hydrogen-bond acceptors (Lipinski definition) is 3. The molecule has 7 nitrogen and oxygen atoms in total. The highest BCUT2D eigenvalue weighted by molar-refractivity contribution is 5.89. The fraction of sp³-hybridized carbons (Fsp3) is 0.500. The number of carbonyl (C=O) groups excluding carboxylic acids is 2. The summed E-state index contributed by atoms with van der Waals surface area (Å²) in [5.41, 5.74) is 1.23. The van der Waals surface area contributed by atoms with Crippen LogP contribution in [-0.4, -0.2) is 32.2 Å². The average Bonchev–Trinajstić information content (AvgIpc) is 2.65. The van der Waals surface area contributed by atoms with Gasteiger partial charge in [-0.2, -0.15) is 5.26 Å². The summed E-state index contributed by atoms with van der Waals surface area (Å²) in [5.74, 6) is 0.990. The summed E-state index contributed by atoms with van der Waals surface area (Å²) in [4.78, 5) is 23.1. The van der Waals surface area contributed by atoms with Gasteiger partial charge in [0.15, 0.2) is 0 Å². The number of benzene rings is 1. The fourth-order valence-corrected chi connectivity index (χ4v) is 3.01. The molecule has 1 aromatic carbocycles. The van der Waals surface area contributed by atoms with Gasteiger partial charge < -0.3 is 21.3 Å².